The smallest absolute Gasteiger partial charge is 0.137 e. The molecule has 1 aliphatic carbocycles. The van der Waals surface area contributed by atoms with Crippen molar-refractivity contribution >= 4 is 83.1 Å². The van der Waals surface area contributed by atoms with Crippen LogP contribution in [0.3, 0.4) is 0 Å². The lowest BCUT2D eigenvalue weighted by Gasteiger charge is -2.46. The summed E-state index contributed by atoms with van der Waals surface area (Å²) in [4.78, 5) is 5.03. The Balaban J connectivity index is 1.13. The number of anilines is 3. The largest absolute Gasteiger partial charge is 0.456 e. The predicted octanol–water partition coefficient (Wildman–Crippen LogP) is 15.3. The third-order valence-corrected chi connectivity index (χ3v) is 13.8. The van der Waals surface area contributed by atoms with Gasteiger partial charge in [0.1, 0.15) is 11.2 Å². The molecule has 0 unspecified atom stereocenters. The first-order chi connectivity index (χ1) is 28.7. The van der Waals surface area contributed by atoms with Crippen molar-refractivity contribution in [1.82, 2.24) is 0 Å². The van der Waals surface area contributed by atoms with Crippen LogP contribution in [-0.2, 0) is 5.41 Å². The summed E-state index contributed by atoms with van der Waals surface area (Å²) in [6.45, 7) is 0. The van der Waals surface area contributed by atoms with Crippen LogP contribution in [0.25, 0.3) is 65.4 Å². The van der Waals surface area contributed by atoms with Gasteiger partial charge in [-0.1, -0.05) is 151 Å². The number of hydrogen-bond acceptors (Lipinski definition) is 3. The van der Waals surface area contributed by atoms with E-state index in [1.165, 1.54) is 75.5 Å². The van der Waals surface area contributed by atoms with Gasteiger partial charge in [0.25, 0.3) is 0 Å². The molecule has 0 fully saturated rings. The van der Waals surface area contributed by atoms with E-state index in [2.05, 4.69) is 205 Å². The third kappa shape index (κ3) is 4.34. The Bertz CT molecular complexity index is 3470. The van der Waals surface area contributed by atoms with Crippen LogP contribution < -0.4 is 4.90 Å². The molecular weight excluding hydrogens is 723 g/mol. The molecule has 0 saturated heterocycles. The van der Waals surface area contributed by atoms with Crippen molar-refractivity contribution in [1.29, 1.82) is 0 Å². The zero-order chi connectivity index (χ0) is 38.0. The van der Waals surface area contributed by atoms with Crippen LogP contribution >= 0.6 is 11.8 Å². The van der Waals surface area contributed by atoms with Gasteiger partial charge < -0.3 is 9.32 Å². The normalized spacial score (nSPS) is 13.6. The molecular formula is C55H33NOS. The van der Waals surface area contributed by atoms with Crippen molar-refractivity contribution < 1.29 is 4.42 Å². The number of rotatable bonds is 3. The van der Waals surface area contributed by atoms with Crippen LogP contribution in [0, 0.1) is 0 Å². The summed E-state index contributed by atoms with van der Waals surface area (Å²) in [6.07, 6.45) is 0. The van der Waals surface area contributed by atoms with Crippen LogP contribution in [0.15, 0.2) is 214 Å². The van der Waals surface area contributed by atoms with Gasteiger partial charge in [-0.05, 0) is 115 Å². The van der Waals surface area contributed by atoms with E-state index in [4.69, 9.17) is 4.42 Å². The number of nitrogens with zero attached hydrogens (tertiary/aromatic N) is 1. The first-order valence-electron chi connectivity index (χ1n) is 19.9. The molecule has 2 aliphatic rings. The molecule has 1 aromatic heterocycles. The molecule has 0 saturated carbocycles. The number of furan rings is 1. The first-order valence-corrected chi connectivity index (χ1v) is 20.7. The molecule has 270 valence electrons. The fourth-order valence-electron chi connectivity index (χ4n) is 10.2. The molecule has 1 aliphatic heterocycles. The fraction of sp³-hybridized carbons (Fsp3) is 0.0182. The molecule has 0 atom stereocenters. The van der Waals surface area contributed by atoms with E-state index in [1.54, 1.807) is 0 Å². The van der Waals surface area contributed by atoms with E-state index in [-0.39, 0.29) is 0 Å². The summed E-state index contributed by atoms with van der Waals surface area (Å²) < 4.78 is 6.71. The van der Waals surface area contributed by atoms with E-state index in [0.29, 0.717) is 0 Å². The van der Waals surface area contributed by atoms with Gasteiger partial charge in [0.15, 0.2) is 0 Å². The van der Waals surface area contributed by atoms with E-state index < -0.39 is 5.41 Å². The van der Waals surface area contributed by atoms with Crippen LogP contribution in [0.5, 0.6) is 0 Å². The molecule has 2 heterocycles. The van der Waals surface area contributed by atoms with Gasteiger partial charge in [-0.3, -0.25) is 0 Å². The molecule has 58 heavy (non-hydrogen) atoms. The first kappa shape index (κ1) is 32.1. The van der Waals surface area contributed by atoms with Gasteiger partial charge in [-0.15, -0.1) is 0 Å². The average molecular weight is 756 g/mol. The highest BCUT2D eigenvalue weighted by molar-refractivity contribution is 7.99. The Labute approximate surface area is 339 Å². The summed E-state index contributed by atoms with van der Waals surface area (Å²) in [5.74, 6) is 0. The highest BCUT2D eigenvalue weighted by Crippen LogP contribution is 2.62. The van der Waals surface area contributed by atoms with Crippen LogP contribution in [0.2, 0.25) is 0 Å². The zero-order valence-electron chi connectivity index (χ0n) is 31.3. The van der Waals surface area contributed by atoms with Crippen molar-refractivity contribution in [3.05, 3.63) is 222 Å². The van der Waals surface area contributed by atoms with Gasteiger partial charge in [0, 0.05) is 43.4 Å². The molecule has 1 spiro atoms. The maximum Gasteiger partial charge on any atom is 0.137 e. The quantitative estimate of drug-likeness (QED) is 0.179. The van der Waals surface area contributed by atoms with Crippen LogP contribution in [-0.4, -0.2) is 0 Å². The maximum absolute atomic E-state index is 6.71. The summed E-state index contributed by atoms with van der Waals surface area (Å²) in [5, 5.41) is 9.62. The van der Waals surface area contributed by atoms with Gasteiger partial charge in [0.2, 0.25) is 0 Å². The van der Waals surface area contributed by atoms with Crippen molar-refractivity contribution in [2.24, 2.45) is 0 Å². The van der Waals surface area contributed by atoms with Crippen molar-refractivity contribution in [2.75, 3.05) is 4.90 Å². The molecule has 10 aromatic carbocycles. The highest BCUT2D eigenvalue weighted by Gasteiger charge is 2.48. The molecule has 3 heteroatoms. The molecule has 0 radical (unpaired) electrons. The van der Waals surface area contributed by atoms with Crippen molar-refractivity contribution in [2.45, 2.75) is 15.2 Å². The van der Waals surface area contributed by atoms with E-state index in [0.717, 1.165) is 39.0 Å². The number of hydrogen-bond donors (Lipinski definition) is 0. The van der Waals surface area contributed by atoms with E-state index >= 15 is 0 Å². The molecule has 0 N–H and O–H groups in total. The minimum atomic E-state index is -0.549. The lowest BCUT2D eigenvalue weighted by Crippen LogP contribution is -2.36. The Morgan fingerprint density at radius 3 is 1.81 bits per heavy atom. The Morgan fingerprint density at radius 1 is 0.379 bits per heavy atom. The second-order valence-electron chi connectivity index (χ2n) is 15.6. The third-order valence-electron chi connectivity index (χ3n) is 12.7. The Kier molecular flexibility index (Phi) is 6.62. The number of benzene rings is 10. The predicted molar refractivity (Wildman–Crippen MR) is 242 cm³/mol. The number of fused-ring (bicyclic) bond motifs is 13. The Morgan fingerprint density at radius 2 is 0.983 bits per heavy atom. The topological polar surface area (TPSA) is 16.4 Å². The fourth-order valence-corrected chi connectivity index (χ4v) is 11.4. The Hall–Kier alpha value is -7.07. The van der Waals surface area contributed by atoms with E-state index in [9.17, 15) is 0 Å². The van der Waals surface area contributed by atoms with Gasteiger partial charge in [0.05, 0.1) is 11.1 Å². The summed E-state index contributed by atoms with van der Waals surface area (Å²) in [7, 11) is 0. The van der Waals surface area contributed by atoms with E-state index in [1.807, 2.05) is 11.8 Å². The second-order valence-corrected chi connectivity index (χ2v) is 16.7. The zero-order valence-corrected chi connectivity index (χ0v) is 32.1. The lowest BCUT2D eigenvalue weighted by molar-refractivity contribution is 0.669. The van der Waals surface area contributed by atoms with Crippen molar-refractivity contribution in [3.63, 3.8) is 0 Å². The minimum Gasteiger partial charge on any atom is -0.456 e. The molecule has 11 aromatic rings. The monoisotopic (exact) mass is 755 g/mol. The average Bonchev–Trinajstić information content (AvgIpc) is 3.63. The second kappa shape index (κ2) is 12.0. The highest BCUT2D eigenvalue weighted by atomic mass is 32.2. The van der Waals surface area contributed by atoms with Crippen LogP contribution in [0.1, 0.15) is 22.3 Å². The lowest BCUT2D eigenvalue weighted by atomic mass is 9.59. The summed E-state index contributed by atoms with van der Waals surface area (Å²) in [6, 6.07) is 74.0. The molecule has 13 rings (SSSR count). The summed E-state index contributed by atoms with van der Waals surface area (Å²) in [5.41, 5.74) is 12.3. The van der Waals surface area contributed by atoms with Gasteiger partial charge in [-0.2, -0.15) is 0 Å². The van der Waals surface area contributed by atoms with Crippen molar-refractivity contribution in [3.8, 4) is 11.1 Å². The SMILES string of the molecule is c1ccc2c(c1)Sc1ccccc1C21c2cc(N(c3ccc4c(c3)oc3cc5ccccc5cc34)c3cccc4ccccc34)ccc2-c2cccc3cccc1c23. The summed E-state index contributed by atoms with van der Waals surface area (Å²) >= 11 is 1.88. The standard InChI is InChI=1S/C55H33NOS/c1-2-14-37-31-50-44(30-36(37)13-1)42-29-27-39(33-51(42)57-50)56(49-23-11-15-34-12-3-4-18-40(34)49)38-26-28-41-43-19-9-16-35-17-10-22-47(54(35)43)55(48(41)32-38)45-20-5-7-24-52(45)58-53-25-8-6-21-46(53)55/h1-33H. The van der Waals surface area contributed by atoms with Gasteiger partial charge >= 0.3 is 0 Å². The van der Waals surface area contributed by atoms with Gasteiger partial charge in [-0.25, -0.2) is 0 Å². The minimum absolute atomic E-state index is 0.549. The molecule has 0 bridgehead atoms. The van der Waals surface area contributed by atoms with Crippen LogP contribution in [0.4, 0.5) is 17.1 Å². The maximum atomic E-state index is 6.71. The molecule has 2 nitrogen and oxygen atoms in total. The molecule has 0 amide bonds.